The molecule has 0 unspecified atom stereocenters. The maximum atomic E-state index is 12.5. The lowest BCUT2D eigenvalue weighted by molar-refractivity contribution is 0.0825. The lowest BCUT2D eigenvalue weighted by atomic mass is 9.92. The predicted molar refractivity (Wildman–Crippen MR) is 116 cm³/mol. The third kappa shape index (κ3) is 4.47. The highest BCUT2D eigenvalue weighted by molar-refractivity contribution is 5.94. The van der Waals surface area contributed by atoms with Gasteiger partial charge in [-0.3, -0.25) is 14.8 Å². The van der Waals surface area contributed by atoms with Gasteiger partial charge in [-0.1, -0.05) is 18.2 Å². The Bertz CT molecular complexity index is 824. The van der Waals surface area contributed by atoms with Gasteiger partial charge in [-0.2, -0.15) is 5.10 Å². The fourth-order valence-electron chi connectivity index (χ4n) is 4.78. The molecule has 6 nitrogen and oxygen atoms in total. The minimum absolute atomic E-state index is 0.0290. The zero-order valence-electron chi connectivity index (χ0n) is 17.7. The molecule has 0 radical (unpaired) electrons. The zero-order chi connectivity index (χ0) is 20.2. The summed E-state index contributed by atoms with van der Waals surface area (Å²) >= 11 is 0. The van der Waals surface area contributed by atoms with Crippen LogP contribution in [0.2, 0.25) is 0 Å². The molecule has 1 N–H and O–H groups in total. The number of aromatic nitrogens is 2. The number of H-pyrrole nitrogens is 1. The van der Waals surface area contributed by atoms with Crippen LogP contribution in [0.4, 0.5) is 5.69 Å². The van der Waals surface area contributed by atoms with Gasteiger partial charge in [0.05, 0.1) is 17.5 Å². The second-order valence-corrected chi connectivity index (χ2v) is 8.65. The van der Waals surface area contributed by atoms with E-state index < -0.39 is 0 Å². The van der Waals surface area contributed by atoms with E-state index in [1.807, 2.05) is 0 Å². The van der Waals surface area contributed by atoms with E-state index in [4.69, 9.17) is 0 Å². The van der Waals surface area contributed by atoms with Gasteiger partial charge in [-0.15, -0.1) is 0 Å². The van der Waals surface area contributed by atoms with Crippen molar-refractivity contribution < 1.29 is 4.79 Å². The first-order valence-corrected chi connectivity index (χ1v) is 10.9. The fourth-order valence-corrected chi connectivity index (χ4v) is 4.78. The number of piperidine rings is 2. The van der Waals surface area contributed by atoms with Crippen LogP contribution in [0.3, 0.4) is 0 Å². The van der Waals surface area contributed by atoms with Crippen LogP contribution in [0.1, 0.15) is 59.6 Å². The largest absolute Gasteiger partial charge is 0.371 e. The normalized spacial score (nSPS) is 20.6. The number of rotatable bonds is 5. The zero-order valence-corrected chi connectivity index (χ0v) is 17.7. The topological polar surface area (TPSA) is 55.5 Å². The molecule has 1 aromatic heterocycles. The first-order valence-electron chi connectivity index (χ1n) is 10.9. The molecule has 156 valence electrons. The smallest absolute Gasteiger partial charge is 0.256 e. The van der Waals surface area contributed by atoms with Crippen molar-refractivity contribution in [2.75, 3.05) is 45.2 Å². The minimum atomic E-state index is 0.0290. The van der Waals surface area contributed by atoms with Crippen molar-refractivity contribution in [1.29, 1.82) is 0 Å². The van der Waals surface area contributed by atoms with Gasteiger partial charge in [0.15, 0.2) is 0 Å². The van der Waals surface area contributed by atoms with Crippen molar-refractivity contribution in [1.82, 2.24) is 20.0 Å². The van der Waals surface area contributed by atoms with Crippen LogP contribution in [0.5, 0.6) is 0 Å². The van der Waals surface area contributed by atoms with Crippen molar-refractivity contribution >= 4 is 11.6 Å². The van der Waals surface area contributed by atoms with Crippen molar-refractivity contribution in [2.24, 2.45) is 0 Å². The minimum Gasteiger partial charge on any atom is -0.371 e. The van der Waals surface area contributed by atoms with Crippen molar-refractivity contribution in [3.8, 4) is 0 Å². The Kier molecular flexibility index (Phi) is 6.19. The quantitative estimate of drug-likeness (QED) is 0.842. The number of carbonyl (C=O) groups is 1. The van der Waals surface area contributed by atoms with Gasteiger partial charge in [-0.25, -0.2) is 0 Å². The van der Waals surface area contributed by atoms with Gasteiger partial charge < -0.3 is 9.80 Å². The molecule has 1 aromatic carbocycles. The Balaban J connectivity index is 1.48. The lowest BCUT2D eigenvalue weighted by Crippen LogP contribution is -2.36. The van der Waals surface area contributed by atoms with Gasteiger partial charge in [0.2, 0.25) is 0 Å². The van der Waals surface area contributed by atoms with E-state index in [1.54, 1.807) is 25.2 Å². The molecule has 0 aliphatic carbocycles. The number of hydrogen-bond donors (Lipinski definition) is 1. The summed E-state index contributed by atoms with van der Waals surface area (Å²) < 4.78 is 0. The SMILES string of the molecule is CN(C)C(=O)c1cn[nH]c1[C@@H]1CCCN(Cc2ccccc2N2CCCCC2)C1. The highest BCUT2D eigenvalue weighted by atomic mass is 16.2. The molecule has 1 amide bonds. The van der Waals surface area contributed by atoms with E-state index in [2.05, 4.69) is 44.3 Å². The van der Waals surface area contributed by atoms with Gasteiger partial charge in [-0.05, 0) is 50.3 Å². The van der Waals surface area contributed by atoms with Gasteiger partial charge in [0.25, 0.3) is 5.91 Å². The number of aromatic amines is 1. The summed E-state index contributed by atoms with van der Waals surface area (Å²) in [5, 5.41) is 7.31. The Morgan fingerprint density at radius 1 is 1.14 bits per heavy atom. The maximum absolute atomic E-state index is 12.5. The van der Waals surface area contributed by atoms with Crippen LogP contribution >= 0.6 is 0 Å². The third-order valence-corrected chi connectivity index (χ3v) is 6.30. The molecule has 4 rings (SSSR count). The van der Waals surface area contributed by atoms with Crippen molar-refractivity contribution in [3.63, 3.8) is 0 Å². The van der Waals surface area contributed by atoms with Crippen LogP contribution in [0.25, 0.3) is 0 Å². The molecule has 0 bridgehead atoms. The number of carbonyl (C=O) groups excluding carboxylic acids is 1. The summed E-state index contributed by atoms with van der Waals surface area (Å²) in [6.07, 6.45) is 7.86. The van der Waals surface area contributed by atoms with Crippen LogP contribution in [-0.2, 0) is 6.54 Å². The molecule has 2 aliphatic heterocycles. The number of benzene rings is 1. The van der Waals surface area contributed by atoms with E-state index in [-0.39, 0.29) is 5.91 Å². The molecule has 1 atom stereocenters. The second kappa shape index (κ2) is 8.99. The van der Waals surface area contributed by atoms with E-state index in [9.17, 15) is 4.79 Å². The number of para-hydroxylation sites is 1. The fraction of sp³-hybridized carbons (Fsp3) is 0.565. The lowest BCUT2D eigenvalue weighted by Gasteiger charge is -2.35. The van der Waals surface area contributed by atoms with Gasteiger partial charge in [0, 0.05) is 51.9 Å². The standard InChI is InChI=1S/C23H33N5O/c1-26(2)23(29)20-15-24-25-22(20)19-10-8-12-27(17-19)16-18-9-4-5-11-21(18)28-13-6-3-7-14-28/h4-5,9,11,15,19H,3,6-8,10,12-14,16-17H2,1-2H3,(H,24,25)/t19-/m1/s1. The third-order valence-electron chi connectivity index (χ3n) is 6.30. The number of nitrogens with zero attached hydrogens (tertiary/aromatic N) is 4. The molecule has 3 heterocycles. The first-order chi connectivity index (χ1) is 14.1. The van der Waals surface area contributed by atoms with Gasteiger partial charge in [0.1, 0.15) is 0 Å². The van der Waals surface area contributed by atoms with E-state index >= 15 is 0 Å². The average Bonchev–Trinajstić information content (AvgIpc) is 3.24. The Morgan fingerprint density at radius 3 is 2.72 bits per heavy atom. The molecule has 29 heavy (non-hydrogen) atoms. The second-order valence-electron chi connectivity index (χ2n) is 8.65. The maximum Gasteiger partial charge on any atom is 0.256 e. The summed E-state index contributed by atoms with van der Waals surface area (Å²) in [7, 11) is 3.59. The van der Waals surface area contributed by atoms with E-state index in [0.29, 0.717) is 5.92 Å². The molecular weight excluding hydrogens is 362 g/mol. The van der Waals surface area contributed by atoms with E-state index in [1.165, 1.54) is 43.6 Å². The molecule has 0 spiro atoms. The molecule has 0 saturated carbocycles. The summed E-state index contributed by atoms with van der Waals surface area (Å²) in [5.74, 6) is 0.355. The summed E-state index contributed by atoms with van der Waals surface area (Å²) in [6.45, 7) is 5.38. The highest BCUT2D eigenvalue weighted by Gasteiger charge is 2.28. The number of hydrogen-bond acceptors (Lipinski definition) is 4. The molecule has 2 aliphatic rings. The predicted octanol–water partition coefficient (Wildman–Crippen LogP) is 3.48. The number of anilines is 1. The summed E-state index contributed by atoms with van der Waals surface area (Å²) in [6, 6.07) is 8.89. The summed E-state index contributed by atoms with van der Waals surface area (Å²) in [4.78, 5) is 19.2. The molecule has 2 aromatic rings. The van der Waals surface area contributed by atoms with Crippen LogP contribution in [-0.4, -0.2) is 66.2 Å². The van der Waals surface area contributed by atoms with Crippen LogP contribution in [0, 0.1) is 0 Å². The van der Waals surface area contributed by atoms with Crippen LogP contribution in [0.15, 0.2) is 30.5 Å². The highest BCUT2D eigenvalue weighted by Crippen LogP contribution is 2.31. The van der Waals surface area contributed by atoms with Gasteiger partial charge >= 0.3 is 0 Å². The first kappa shape index (κ1) is 20.0. The number of amides is 1. The Morgan fingerprint density at radius 2 is 1.93 bits per heavy atom. The monoisotopic (exact) mass is 395 g/mol. The van der Waals surface area contributed by atoms with E-state index in [0.717, 1.165) is 43.7 Å². The molecule has 2 saturated heterocycles. The average molecular weight is 396 g/mol. The Labute approximate surface area is 173 Å². The van der Waals surface area contributed by atoms with Crippen molar-refractivity contribution in [3.05, 3.63) is 47.3 Å². The van der Waals surface area contributed by atoms with Crippen molar-refractivity contribution in [2.45, 2.75) is 44.6 Å². The van der Waals surface area contributed by atoms with Crippen LogP contribution < -0.4 is 4.90 Å². The summed E-state index contributed by atoms with van der Waals surface area (Å²) in [5.41, 5.74) is 4.54. The number of nitrogens with one attached hydrogen (secondary N) is 1. The molecule has 6 heteroatoms. The Hall–Kier alpha value is -2.34. The number of likely N-dealkylation sites (tertiary alicyclic amines) is 1. The molecular formula is C23H33N5O. The molecule has 2 fully saturated rings.